The van der Waals surface area contributed by atoms with Crippen molar-refractivity contribution in [2.75, 3.05) is 22.8 Å². The Hall–Kier alpha value is -2.94. The number of hydrogen-bond donors (Lipinski definition) is 3. The Morgan fingerprint density at radius 2 is 1.90 bits per heavy atom. The lowest BCUT2D eigenvalue weighted by Gasteiger charge is -2.12. The van der Waals surface area contributed by atoms with Crippen LogP contribution in [0.3, 0.4) is 0 Å². The van der Waals surface area contributed by atoms with Gasteiger partial charge in [0.15, 0.2) is 0 Å². The van der Waals surface area contributed by atoms with Crippen LogP contribution in [0.25, 0.3) is 6.08 Å². The van der Waals surface area contributed by atoms with Gasteiger partial charge < -0.3 is 10.6 Å². The second-order valence-corrected chi connectivity index (χ2v) is 8.96. The summed E-state index contributed by atoms with van der Waals surface area (Å²) in [5, 5.41) is 5.81. The third kappa shape index (κ3) is 8.01. The van der Waals surface area contributed by atoms with Gasteiger partial charge in [0, 0.05) is 24.9 Å². The predicted molar refractivity (Wildman–Crippen MR) is 120 cm³/mol. The Bertz CT molecular complexity index is 1050. The Morgan fingerprint density at radius 3 is 2.55 bits per heavy atom. The molecule has 0 saturated heterocycles. The Kier molecular flexibility index (Phi) is 8.56. The molecule has 31 heavy (non-hydrogen) atoms. The number of anilines is 2. The van der Waals surface area contributed by atoms with Crippen molar-refractivity contribution in [1.29, 1.82) is 0 Å². The molecular weight excluding hydrogens is 424 g/mol. The van der Waals surface area contributed by atoms with Crippen molar-refractivity contribution in [3.05, 3.63) is 64.7 Å². The first-order chi connectivity index (χ1) is 14.6. The molecule has 0 bridgehead atoms. The summed E-state index contributed by atoms with van der Waals surface area (Å²) in [6.45, 7) is 4.39. The fourth-order valence-electron chi connectivity index (χ4n) is 2.87. The van der Waals surface area contributed by atoms with Gasteiger partial charge in [-0.05, 0) is 60.4 Å². The highest BCUT2D eigenvalue weighted by atomic mass is 32.2. The van der Waals surface area contributed by atoms with Gasteiger partial charge in [-0.15, -0.1) is 0 Å². The monoisotopic (exact) mass is 451 g/mol. The van der Waals surface area contributed by atoms with Crippen LogP contribution in [0.1, 0.15) is 36.5 Å². The molecule has 0 fully saturated rings. The number of halogens is 2. The van der Waals surface area contributed by atoms with Gasteiger partial charge in [0.1, 0.15) is 11.6 Å². The fraction of sp³-hybridized carbons (Fsp3) is 0.318. The van der Waals surface area contributed by atoms with Crippen molar-refractivity contribution in [3.8, 4) is 0 Å². The van der Waals surface area contributed by atoms with E-state index in [4.69, 9.17) is 0 Å². The number of benzene rings is 2. The van der Waals surface area contributed by atoms with Crippen molar-refractivity contribution in [1.82, 2.24) is 5.32 Å². The molecule has 9 heteroatoms. The molecule has 2 aromatic rings. The summed E-state index contributed by atoms with van der Waals surface area (Å²) < 4.78 is 52.6. The minimum absolute atomic E-state index is 0.0606. The number of sulfonamides is 1. The Labute approximate surface area is 181 Å². The van der Waals surface area contributed by atoms with Crippen molar-refractivity contribution in [3.63, 3.8) is 0 Å². The van der Waals surface area contributed by atoms with Crippen LogP contribution in [-0.4, -0.2) is 27.1 Å². The molecule has 0 aliphatic rings. The number of aryl methyl sites for hydroxylation is 1. The van der Waals surface area contributed by atoms with Gasteiger partial charge in [0.05, 0.1) is 11.9 Å². The molecule has 0 spiro atoms. The smallest absolute Gasteiger partial charge is 0.244 e. The number of carbonyl (C=O) groups is 1. The van der Waals surface area contributed by atoms with E-state index in [9.17, 15) is 22.0 Å². The highest BCUT2D eigenvalue weighted by molar-refractivity contribution is 7.92. The second kappa shape index (κ2) is 10.9. The van der Waals surface area contributed by atoms with E-state index in [2.05, 4.69) is 22.3 Å². The molecule has 0 saturated carbocycles. The van der Waals surface area contributed by atoms with Crippen LogP contribution in [0, 0.1) is 18.6 Å². The third-order valence-corrected chi connectivity index (χ3v) is 4.95. The average molecular weight is 452 g/mol. The van der Waals surface area contributed by atoms with Crippen molar-refractivity contribution in [2.45, 2.75) is 33.2 Å². The van der Waals surface area contributed by atoms with Gasteiger partial charge in [-0.25, -0.2) is 17.2 Å². The van der Waals surface area contributed by atoms with Crippen LogP contribution in [0.15, 0.2) is 36.4 Å². The zero-order valence-corrected chi connectivity index (χ0v) is 18.6. The molecule has 168 valence electrons. The minimum Gasteiger partial charge on any atom is -0.384 e. The number of unbranched alkanes of at least 4 members (excludes halogenated alkanes) is 1. The number of nitrogens with one attached hydrogen (secondary N) is 3. The fourth-order valence-corrected chi connectivity index (χ4v) is 3.50. The van der Waals surface area contributed by atoms with Gasteiger partial charge in [-0.1, -0.05) is 19.4 Å². The van der Waals surface area contributed by atoms with Crippen molar-refractivity contribution in [2.24, 2.45) is 0 Å². The van der Waals surface area contributed by atoms with E-state index in [1.165, 1.54) is 24.3 Å². The molecule has 0 aliphatic heterocycles. The SMILES string of the molecule is CCCCNc1cc(F)ccc1/C=C/C(=O)NCc1cc(C)c(NS(C)(=O)=O)c(F)c1. The summed E-state index contributed by atoms with van der Waals surface area (Å²) in [5.74, 6) is -1.49. The van der Waals surface area contributed by atoms with Crippen LogP contribution in [0.5, 0.6) is 0 Å². The van der Waals surface area contributed by atoms with E-state index in [-0.39, 0.29) is 18.0 Å². The summed E-state index contributed by atoms with van der Waals surface area (Å²) in [4.78, 5) is 12.2. The van der Waals surface area contributed by atoms with Gasteiger partial charge in [-0.2, -0.15) is 0 Å². The van der Waals surface area contributed by atoms with E-state index < -0.39 is 21.7 Å². The number of rotatable bonds is 10. The second-order valence-electron chi connectivity index (χ2n) is 7.21. The summed E-state index contributed by atoms with van der Waals surface area (Å²) in [6, 6.07) is 7.04. The molecule has 0 heterocycles. The summed E-state index contributed by atoms with van der Waals surface area (Å²) in [6.07, 6.45) is 5.78. The van der Waals surface area contributed by atoms with E-state index in [0.29, 0.717) is 28.9 Å². The molecule has 2 rings (SSSR count). The number of hydrogen-bond acceptors (Lipinski definition) is 4. The van der Waals surface area contributed by atoms with Crippen molar-refractivity contribution >= 4 is 33.4 Å². The molecule has 6 nitrogen and oxygen atoms in total. The maximum atomic E-state index is 14.2. The van der Waals surface area contributed by atoms with Crippen LogP contribution in [-0.2, 0) is 21.4 Å². The van der Waals surface area contributed by atoms with Gasteiger partial charge in [0.25, 0.3) is 0 Å². The maximum absolute atomic E-state index is 14.2. The van der Waals surface area contributed by atoms with Crippen molar-refractivity contribution < 1.29 is 22.0 Å². The lowest BCUT2D eigenvalue weighted by atomic mass is 10.1. The zero-order valence-electron chi connectivity index (χ0n) is 17.8. The minimum atomic E-state index is -3.61. The highest BCUT2D eigenvalue weighted by Gasteiger charge is 2.12. The van der Waals surface area contributed by atoms with E-state index in [1.54, 1.807) is 25.1 Å². The Morgan fingerprint density at radius 1 is 1.16 bits per heavy atom. The quantitative estimate of drug-likeness (QED) is 0.373. The molecular formula is C22H27F2N3O3S. The zero-order chi connectivity index (χ0) is 23.0. The van der Waals surface area contributed by atoms with Crippen LogP contribution in [0.2, 0.25) is 0 Å². The van der Waals surface area contributed by atoms with Gasteiger partial charge >= 0.3 is 0 Å². The normalized spacial score (nSPS) is 11.5. The number of amides is 1. The molecule has 0 radical (unpaired) electrons. The topological polar surface area (TPSA) is 87.3 Å². The van der Waals surface area contributed by atoms with Crippen LogP contribution >= 0.6 is 0 Å². The summed E-state index contributed by atoms with van der Waals surface area (Å²) in [7, 11) is -3.61. The van der Waals surface area contributed by atoms with E-state index in [0.717, 1.165) is 19.1 Å². The largest absolute Gasteiger partial charge is 0.384 e. The molecule has 0 atom stereocenters. The molecule has 2 aromatic carbocycles. The van der Waals surface area contributed by atoms with Gasteiger partial charge in [0.2, 0.25) is 15.9 Å². The van der Waals surface area contributed by atoms with Crippen LogP contribution in [0.4, 0.5) is 20.2 Å². The highest BCUT2D eigenvalue weighted by Crippen LogP contribution is 2.22. The molecule has 0 aromatic heterocycles. The van der Waals surface area contributed by atoms with Gasteiger partial charge in [-0.3, -0.25) is 9.52 Å². The predicted octanol–water partition coefficient (Wildman–Crippen LogP) is 4.19. The van der Waals surface area contributed by atoms with E-state index >= 15 is 0 Å². The molecule has 0 unspecified atom stereocenters. The summed E-state index contributed by atoms with van der Waals surface area (Å²) in [5.41, 5.74) is 2.05. The number of carbonyl (C=O) groups excluding carboxylic acids is 1. The van der Waals surface area contributed by atoms with Crippen LogP contribution < -0.4 is 15.4 Å². The first kappa shape index (κ1) is 24.3. The summed E-state index contributed by atoms with van der Waals surface area (Å²) >= 11 is 0. The molecule has 0 aliphatic carbocycles. The first-order valence-electron chi connectivity index (χ1n) is 9.85. The standard InChI is InChI=1S/C22H27F2N3O3S/c1-4-5-10-25-20-13-18(23)8-6-17(20)7-9-21(28)26-14-16-11-15(2)22(19(24)12-16)27-31(3,29)30/h6-9,11-13,25,27H,4-5,10,14H2,1-3H3,(H,26,28)/b9-7+. The lowest BCUT2D eigenvalue weighted by molar-refractivity contribution is -0.116. The Balaban J connectivity index is 2.03. The average Bonchev–Trinajstić information content (AvgIpc) is 2.68. The maximum Gasteiger partial charge on any atom is 0.244 e. The van der Waals surface area contributed by atoms with E-state index in [1.807, 2.05) is 0 Å². The molecule has 1 amide bonds. The lowest BCUT2D eigenvalue weighted by Crippen LogP contribution is -2.20. The molecule has 3 N–H and O–H groups in total. The third-order valence-electron chi connectivity index (χ3n) is 4.38. The first-order valence-corrected chi connectivity index (χ1v) is 11.7.